The number of carbonyl (C=O) groups is 2. The first-order valence-corrected chi connectivity index (χ1v) is 8.02. The molecule has 1 atom stereocenters. The number of nitrogens with one attached hydrogen (secondary N) is 1. The first kappa shape index (κ1) is 16.7. The fourth-order valence-electron chi connectivity index (χ4n) is 2.71. The van der Waals surface area contributed by atoms with Gasteiger partial charge in [0.15, 0.2) is 0 Å². The number of hydrazone groups is 1. The molecule has 1 fully saturated rings. The van der Waals surface area contributed by atoms with E-state index in [9.17, 15) is 14.7 Å². The van der Waals surface area contributed by atoms with E-state index in [1.807, 2.05) is 31.2 Å². The molecule has 1 heterocycles. The summed E-state index contributed by atoms with van der Waals surface area (Å²) in [5, 5.41) is 13.5. The molecule has 0 bridgehead atoms. The summed E-state index contributed by atoms with van der Waals surface area (Å²) in [6, 6.07) is 14.3. The number of amides is 2. The number of nitrogens with zero attached hydrogens (tertiary/aromatic N) is 2. The minimum absolute atomic E-state index is 0.0753. The first-order chi connectivity index (χ1) is 12.0. The lowest BCUT2D eigenvalue weighted by atomic mass is 10.1. The molecule has 1 saturated heterocycles. The first-order valence-electron chi connectivity index (χ1n) is 8.02. The number of hydrogen-bond donors (Lipinski definition) is 2. The summed E-state index contributed by atoms with van der Waals surface area (Å²) in [6.45, 7) is 2.31. The Morgan fingerprint density at radius 2 is 1.96 bits per heavy atom. The molecule has 1 aliphatic rings. The summed E-state index contributed by atoms with van der Waals surface area (Å²) in [4.78, 5) is 26.0. The predicted octanol–water partition coefficient (Wildman–Crippen LogP) is 2.20. The van der Waals surface area contributed by atoms with Gasteiger partial charge in [-0.25, -0.2) is 5.43 Å². The van der Waals surface area contributed by atoms with E-state index in [-0.39, 0.29) is 24.0 Å². The van der Waals surface area contributed by atoms with Crippen LogP contribution in [0, 0.1) is 12.8 Å². The van der Waals surface area contributed by atoms with E-state index in [1.165, 1.54) is 12.3 Å². The number of para-hydroxylation sites is 1. The minimum atomic E-state index is -0.449. The van der Waals surface area contributed by atoms with Crippen LogP contribution in [0.2, 0.25) is 0 Å². The maximum Gasteiger partial charge on any atom is 0.245 e. The molecule has 0 radical (unpaired) electrons. The van der Waals surface area contributed by atoms with E-state index in [0.717, 1.165) is 11.3 Å². The molecule has 6 heteroatoms. The van der Waals surface area contributed by atoms with Gasteiger partial charge in [-0.1, -0.05) is 29.8 Å². The fraction of sp³-hybridized carbons (Fsp3) is 0.211. The maximum atomic E-state index is 12.2. The number of phenols is 1. The van der Waals surface area contributed by atoms with E-state index in [1.54, 1.807) is 23.1 Å². The summed E-state index contributed by atoms with van der Waals surface area (Å²) in [7, 11) is 0. The molecule has 0 saturated carbocycles. The van der Waals surface area contributed by atoms with Gasteiger partial charge in [0.25, 0.3) is 0 Å². The van der Waals surface area contributed by atoms with E-state index in [2.05, 4.69) is 10.5 Å². The van der Waals surface area contributed by atoms with Crippen molar-refractivity contribution in [3.05, 3.63) is 59.7 Å². The van der Waals surface area contributed by atoms with Gasteiger partial charge < -0.3 is 10.0 Å². The lowest BCUT2D eigenvalue weighted by Gasteiger charge is -2.16. The van der Waals surface area contributed by atoms with Crippen LogP contribution in [0.15, 0.2) is 53.6 Å². The number of anilines is 1. The molecule has 1 aliphatic heterocycles. The number of carbonyl (C=O) groups excluding carboxylic acids is 2. The van der Waals surface area contributed by atoms with Gasteiger partial charge in [0.05, 0.1) is 12.1 Å². The molecule has 3 rings (SSSR count). The van der Waals surface area contributed by atoms with Crippen molar-refractivity contribution in [1.82, 2.24) is 5.43 Å². The highest BCUT2D eigenvalue weighted by molar-refractivity contribution is 6.00. The standard InChI is InChI=1S/C19H19N3O3/c1-13-6-8-16(9-7-13)22-12-15(10-18(22)24)19(25)21-20-11-14-4-2-3-5-17(14)23/h2-9,11,15,23H,10,12H2,1H3,(H,21,25)/b20-11+/t15-/m0/s1. The SMILES string of the molecule is Cc1ccc(N2C[C@@H](C(=O)N/N=C/c3ccccc3O)CC2=O)cc1. The van der Waals surface area contributed by atoms with Crippen LogP contribution in [0.4, 0.5) is 5.69 Å². The zero-order chi connectivity index (χ0) is 17.8. The molecule has 2 aromatic rings. The monoisotopic (exact) mass is 337 g/mol. The molecular weight excluding hydrogens is 318 g/mol. The molecule has 0 aromatic heterocycles. The highest BCUT2D eigenvalue weighted by atomic mass is 16.3. The summed E-state index contributed by atoms with van der Waals surface area (Å²) < 4.78 is 0. The van der Waals surface area contributed by atoms with Crippen molar-refractivity contribution in [3.63, 3.8) is 0 Å². The highest BCUT2D eigenvalue weighted by Crippen LogP contribution is 2.25. The number of phenolic OH excluding ortho intramolecular Hbond substituents is 1. The third kappa shape index (κ3) is 3.85. The highest BCUT2D eigenvalue weighted by Gasteiger charge is 2.35. The zero-order valence-electron chi connectivity index (χ0n) is 13.8. The second-order valence-corrected chi connectivity index (χ2v) is 6.03. The fourth-order valence-corrected chi connectivity index (χ4v) is 2.71. The topological polar surface area (TPSA) is 82.0 Å². The van der Waals surface area contributed by atoms with Gasteiger partial charge in [-0.2, -0.15) is 5.10 Å². The maximum absolute atomic E-state index is 12.2. The van der Waals surface area contributed by atoms with Gasteiger partial charge in [-0.3, -0.25) is 9.59 Å². The molecule has 2 N–H and O–H groups in total. The van der Waals surface area contributed by atoms with Crippen molar-refractivity contribution in [2.75, 3.05) is 11.4 Å². The third-order valence-electron chi connectivity index (χ3n) is 4.16. The minimum Gasteiger partial charge on any atom is -0.507 e. The van der Waals surface area contributed by atoms with Crippen molar-refractivity contribution < 1.29 is 14.7 Å². The van der Waals surface area contributed by atoms with Crippen molar-refractivity contribution in [1.29, 1.82) is 0 Å². The summed E-state index contributed by atoms with van der Waals surface area (Å²) in [5.74, 6) is -0.749. The van der Waals surface area contributed by atoms with Crippen LogP contribution in [0.1, 0.15) is 17.5 Å². The number of hydrogen-bond acceptors (Lipinski definition) is 4. The van der Waals surface area contributed by atoms with Crippen LogP contribution in [0.25, 0.3) is 0 Å². The number of benzene rings is 2. The number of rotatable bonds is 4. The Morgan fingerprint density at radius 1 is 1.24 bits per heavy atom. The van der Waals surface area contributed by atoms with E-state index >= 15 is 0 Å². The Labute approximate surface area is 145 Å². The summed E-state index contributed by atoms with van der Waals surface area (Å²) in [5.41, 5.74) is 4.86. The summed E-state index contributed by atoms with van der Waals surface area (Å²) >= 11 is 0. The number of aromatic hydroxyl groups is 1. The molecule has 128 valence electrons. The lowest BCUT2D eigenvalue weighted by Crippen LogP contribution is -2.30. The molecule has 0 spiro atoms. The molecule has 0 unspecified atom stereocenters. The Hall–Kier alpha value is -3.15. The molecule has 2 amide bonds. The summed E-state index contributed by atoms with van der Waals surface area (Å²) in [6.07, 6.45) is 1.54. The second-order valence-electron chi connectivity index (χ2n) is 6.03. The van der Waals surface area contributed by atoms with E-state index in [4.69, 9.17) is 0 Å². The van der Waals surface area contributed by atoms with Gasteiger partial charge in [-0.05, 0) is 31.2 Å². The second kappa shape index (κ2) is 7.17. The number of aryl methyl sites for hydroxylation is 1. The third-order valence-corrected chi connectivity index (χ3v) is 4.16. The van der Waals surface area contributed by atoms with Gasteiger partial charge >= 0.3 is 0 Å². The lowest BCUT2D eigenvalue weighted by molar-refractivity contribution is -0.126. The van der Waals surface area contributed by atoms with Crippen molar-refractivity contribution in [3.8, 4) is 5.75 Å². The van der Waals surface area contributed by atoms with Crippen LogP contribution in [0.3, 0.4) is 0 Å². The quantitative estimate of drug-likeness (QED) is 0.663. The van der Waals surface area contributed by atoms with Crippen LogP contribution in [0.5, 0.6) is 5.75 Å². The van der Waals surface area contributed by atoms with Crippen molar-refractivity contribution in [2.24, 2.45) is 11.0 Å². The smallest absolute Gasteiger partial charge is 0.245 e. The van der Waals surface area contributed by atoms with Gasteiger partial charge in [-0.15, -0.1) is 0 Å². The van der Waals surface area contributed by atoms with E-state index < -0.39 is 5.92 Å². The average Bonchev–Trinajstić information content (AvgIpc) is 2.99. The Kier molecular flexibility index (Phi) is 4.79. The van der Waals surface area contributed by atoms with Gasteiger partial charge in [0.1, 0.15) is 5.75 Å². The normalized spacial score (nSPS) is 17.2. The zero-order valence-corrected chi connectivity index (χ0v) is 13.8. The van der Waals surface area contributed by atoms with Crippen LogP contribution in [-0.2, 0) is 9.59 Å². The molecule has 25 heavy (non-hydrogen) atoms. The largest absolute Gasteiger partial charge is 0.507 e. The molecular formula is C19H19N3O3. The van der Waals surface area contributed by atoms with Crippen molar-refractivity contribution >= 4 is 23.7 Å². The van der Waals surface area contributed by atoms with E-state index in [0.29, 0.717) is 12.1 Å². The van der Waals surface area contributed by atoms with Crippen LogP contribution in [-0.4, -0.2) is 29.7 Å². The van der Waals surface area contributed by atoms with Crippen LogP contribution < -0.4 is 10.3 Å². The molecule has 0 aliphatic carbocycles. The average molecular weight is 337 g/mol. The van der Waals surface area contributed by atoms with Gasteiger partial charge in [0.2, 0.25) is 11.8 Å². The van der Waals surface area contributed by atoms with Crippen molar-refractivity contribution in [2.45, 2.75) is 13.3 Å². The molecule has 6 nitrogen and oxygen atoms in total. The predicted molar refractivity (Wildman–Crippen MR) is 95.5 cm³/mol. The molecule has 2 aromatic carbocycles. The Morgan fingerprint density at radius 3 is 2.68 bits per heavy atom. The Balaban J connectivity index is 1.61. The van der Waals surface area contributed by atoms with Crippen LogP contribution >= 0.6 is 0 Å². The van der Waals surface area contributed by atoms with Gasteiger partial charge in [0, 0.05) is 24.2 Å². The Bertz CT molecular complexity index is 815.